The second-order valence-corrected chi connectivity index (χ2v) is 9.66. The van der Waals surface area contributed by atoms with E-state index in [2.05, 4.69) is 10.0 Å². The van der Waals surface area contributed by atoms with Crippen LogP contribution in [0.3, 0.4) is 0 Å². The minimum absolute atomic E-state index is 0.0194. The third-order valence-electron chi connectivity index (χ3n) is 4.79. The molecule has 1 atom stereocenters. The monoisotopic (exact) mass is 482 g/mol. The summed E-state index contributed by atoms with van der Waals surface area (Å²) in [6.07, 6.45) is 0. The number of benzene rings is 2. The summed E-state index contributed by atoms with van der Waals surface area (Å²) in [6.45, 7) is 5.31. The molecule has 0 aliphatic rings. The van der Waals surface area contributed by atoms with Crippen molar-refractivity contribution in [2.75, 3.05) is 13.7 Å². The van der Waals surface area contributed by atoms with Crippen molar-refractivity contribution in [1.82, 2.24) is 10.0 Å². The van der Waals surface area contributed by atoms with Gasteiger partial charge in [0.25, 0.3) is 5.91 Å². The van der Waals surface area contributed by atoms with E-state index in [4.69, 9.17) is 21.1 Å². The molecule has 0 bridgehead atoms. The number of carbonyl (C=O) groups is 2. The van der Waals surface area contributed by atoms with Gasteiger partial charge in [0.05, 0.1) is 12.7 Å². The molecule has 2 aromatic carbocycles. The number of amides is 1. The smallest absolute Gasteiger partial charge is 0.338 e. The lowest BCUT2D eigenvalue weighted by Gasteiger charge is -2.17. The van der Waals surface area contributed by atoms with Crippen LogP contribution >= 0.6 is 11.6 Å². The molecule has 2 aromatic rings. The molecular weight excluding hydrogens is 456 g/mol. The van der Waals surface area contributed by atoms with Crippen molar-refractivity contribution in [2.45, 2.75) is 38.3 Å². The molecule has 0 aromatic heterocycles. The minimum Gasteiger partial charge on any atom is -0.495 e. The summed E-state index contributed by atoms with van der Waals surface area (Å²) >= 11 is 5.84. The molecule has 0 fully saturated rings. The summed E-state index contributed by atoms with van der Waals surface area (Å²) in [7, 11) is -2.69. The number of halogens is 1. The highest BCUT2D eigenvalue weighted by molar-refractivity contribution is 7.89. The molecule has 0 spiro atoms. The predicted octanol–water partition coefficient (Wildman–Crippen LogP) is 3.14. The van der Waals surface area contributed by atoms with Crippen molar-refractivity contribution >= 4 is 33.5 Å². The Labute approximate surface area is 193 Å². The molecule has 0 aliphatic heterocycles. The third-order valence-corrected chi connectivity index (χ3v) is 6.47. The Balaban J connectivity index is 2.12. The number of esters is 1. The zero-order valence-electron chi connectivity index (χ0n) is 18.3. The maximum Gasteiger partial charge on any atom is 0.338 e. The molecule has 0 saturated heterocycles. The summed E-state index contributed by atoms with van der Waals surface area (Å²) in [4.78, 5) is 24.1. The van der Waals surface area contributed by atoms with Crippen LogP contribution in [-0.4, -0.2) is 40.1 Å². The van der Waals surface area contributed by atoms with E-state index in [0.29, 0.717) is 10.6 Å². The highest BCUT2D eigenvalue weighted by Crippen LogP contribution is 2.25. The van der Waals surface area contributed by atoms with Crippen molar-refractivity contribution < 1.29 is 27.5 Å². The van der Waals surface area contributed by atoms with Crippen molar-refractivity contribution in [1.29, 1.82) is 0 Å². The number of sulfonamides is 1. The normalized spacial score (nSPS) is 12.3. The van der Waals surface area contributed by atoms with Gasteiger partial charge in [0.1, 0.15) is 10.6 Å². The lowest BCUT2D eigenvalue weighted by molar-refractivity contribution is -0.125. The molecule has 0 saturated carbocycles. The van der Waals surface area contributed by atoms with E-state index in [9.17, 15) is 18.0 Å². The standard InChI is InChI=1S/C22H27ClN2O6S/c1-14(2)15(3)25-21(26)13-31-22(27)17-7-10-19(30-4)20(11-17)32(28,29)24-12-16-5-8-18(23)9-6-16/h5-11,14-15,24H,12-13H2,1-4H3,(H,25,26). The molecule has 8 nitrogen and oxygen atoms in total. The van der Waals surface area contributed by atoms with Crippen LogP contribution in [0.5, 0.6) is 5.75 Å². The lowest BCUT2D eigenvalue weighted by Crippen LogP contribution is -2.38. The predicted molar refractivity (Wildman–Crippen MR) is 121 cm³/mol. The largest absolute Gasteiger partial charge is 0.495 e. The minimum atomic E-state index is -4.02. The van der Waals surface area contributed by atoms with Gasteiger partial charge < -0.3 is 14.8 Å². The Kier molecular flexibility index (Phi) is 9.06. The summed E-state index contributed by atoms with van der Waals surface area (Å²) in [5.41, 5.74) is 0.677. The van der Waals surface area contributed by atoms with Gasteiger partial charge in [-0.3, -0.25) is 4.79 Å². The Bertz CT molecular complexity index is 1050. The zero-order valence-corrected chi connectivity index (χ0v) is 19.9. The maximum absolute atomic E-state index is 12.8. The fraction of sp³-hybridized carbons (Fsp3) is 0.364. The van der Waals surface area contributed by atoms with Gasteiger partial charge in [-0.2, -0.15) is 0 Å². The highest BCUT2D eigenvalue weighted by atomic mass is 35.5. The average Bonchev–Trinajstić information content (AvgIpc) is 2.76. The lowest BCUT2D eigenvalue weighted by atomic mass is 10.1. The number of hydrogen-bond acceptors (Lipinski definition) is 6. The molecule has 0 radical (unpaired) electrons. The highest BCUT2D eigenvalue weighted by Gasteiger charge is 2.22. The van der Waals surface area contributed by atoms with E-state index < -0.39 is 28.5 Å². The van der Waals surface area contributed by atoms with Crippen molar-refractivity contribution in [2.24, 2.45) is 5.92 Å². The molecule has 0 aliphatic carbocycles. The fourth-order valence-corrected chi connectivity index (χ4v) is 3.89. The van der Waals surface area contributed by atoms with Gasteiger partial charge >= 0.3 is 5.97 Å². The van der Waals surface area contributed by atoms with E-state index in [1.807, 2.05) is 20.8 Å². The molecule has 174 valence electrons. The Morgan fingerprint density at radius 2 is 1.72 bits per heavy atom. The van der Waals surface area contributed by atoms with Crippen LogP contribution in [0, 0.1) is 5.92 Å². The first kappa shape index (κ1) is 25.6. The maximum atomic E-state index is 12.8. The summed E-state index contributed by atoms with van der Waals surface area (Å²) in [6, 6.07) is 10.5. The molecule has 32 heavy (non-hydrogen) atoms. The average molecular weight is 483 g/mol. The number of rotatable bonds is 10. The number of methoxy groups -OCH3 is 1. The van der Waals surface area contributed by atoms with Crippen LogP contribution in [0.4, 0.5) is 0 Å². The first-order valence-corrected chi connectivity index (χ1v) is 11.8. The van der Waals surface area contributed by atoms with Crippen LogP contribution in [-0.2, 0) is 26.1 Å². The summed E-state index contributed by atoms with van der Waals surface area (Å²) in [5, 5.41) is 3.26. The molecule has 2 rings (SSSR count). The van der Waals surface area contributed by atoms with E-state index in [0.717, 1.165) is 6.07 Å². The summed E-state index contributed by atoms with van der Waals surface area (Å²) < 4.78 is 38.3. The number of nitrogens with one attached hydrogen (secondary N) is 2. The van der Waals surface area contributed by atoms with E-state index >= 15 is 0 Å². The molecule has 1 unspecified atom stereocenters. The SMILES string of the molecule is COc1ccc(C(=O)OCC(=O)NC(C)C(C)C)cc1S(=O)(=O)NCc1ccc(Cl)cc1. The topological polar surface area (TPSA) is 111 Å². The van der Waals surface area contributed by atoms with Gasteiger partial charge in [-0.25, -0.2) is 17.9 Å². The van der Waals surface area contributed by atoms with Crippen LogP contribution in [0.25, 0.3) is 0 Å². The molecular formula is C22H27ClN2O6S. The van der Waals surface area contributed by atoms with Crippen LogP contribution in [0.2, 0.25) is 5.02 Å². The molecule has 10 heteroatoms. The Morgan fingerprint density at radius 3 is 2.31 bits per heavy atom. The number of ether oxygens (including phenoxy) is 2. The second kappa shape index (κ2) is 11.3. The Hall–Kier alpha value is -2.62. The van der Waals surface area contributed by atoms with E-state index in [1.54, 1.807) is 24.3 Å². The zero-order chi connectivity index (χ0) is 23.9. The second-order valence-electron chi connectivity index (χ2n) is 7.49. The van der Waals surface area contributed by atoms with Gasteiger partial charge in [0, 0.05) is 17.6 Å². The quantitative estimate of drug-likeness (QED) is 0.503. The van der Waals surface area contributed by atoms with Crippen molar-refractivity contribution in [3.8, 4) is 5.75 Å². The van der Waals surface area contributed by atoms with Gasteiger partial charge in [-0.05, 0) is 48.7 Å². The van der Waals surface area contributed by atoms with Crippen LogP contribution in [0.1, 0.15) is 36.7 Å². The first-order valence-electron chi connectivity index (χ1n) is 9.92. The van der Waals surface area contributed by atoms with Crippen molar-refractivity contribution in [3.05, 3.63) is 58.6 Å². The summed E-state index contributed by atoms with van der Waals surface area (Å²) in [5.74, 6) is -0.974. The van der Waals surface area contributed by atoms with Crippen molar-refractivity contribution in [3.63, 3.8) is 0 Å². The van der Waals surface area contributed by atoms with Crippen LogP contribution in [0.15, 0.2) is 47.4 Å². The fourth-order valence-electron chi connectivity index (χ4n) is 2.55. The number of carbonyl (C=O) groups excluding carboxylic acids is 2. The molecule has 2 N–H and O–H groups in total. The van der Waals surface area contributed by atoms with E-state index in [1.165, 1.54) is 19.2 Å². The number of hydrogen-bond donors (Lipinski definition) is 2. The van der Waals surface area contributed by atoms with Gasteiger partial charge in [0.2, 0.25) is 10.0 Å². The van der Waals surface area contributed by atoms with Gasteiger partial charge in [-0.1, -0.05) is 37.6 Å². The van der Waals surface area contributed by atoms with E-state index in [-0.39, 0.29) is 34.7 Å². The molecule has 1 amide bonds. The van der Waals surface area contributed by atoms with Gasteiger partial charge in [-0.15, -0.1) is 0 Å². The third kappa shape index (κ3) is 7.22. The molecule has 0 heterocycles. The van der Waals surface area contributed by atoms with Crippen LogP contribution < -0.4 is 14.8 Å². The Morgan fingerprint density at radius 1 is 1.06 bits per heavy atom. The van der Waals surface area contributed by atoms with Gasteiger partial charge in [0.15, 0.2) is 6.61 Å². The first-order chi connectivity index (χ1) is 15.0.